The number of guanidine groups is 4. The number of aryl methyl sites for hydroxylation is 8. The van der Waals surface area contributed by atoms with Gasteiger partial charge in [0.2, 0.25) is 0 Å². The first kappa shape index (κ1) is 89.8. The molecule has 0 saturated heterocycles. The van der Waals surface area contributed by atoms with Gasteiger partial charge in [-0.3, -0.25) is 18.2 Å². The Kier molecular flexibility index (Phi) is 30.1. The molecule has 0 atom stereocenters. The lowest BCUT2D eigenvalue weighted by atomic mass is 10.1. The molecule has 0 aliphatic carbocycles. The fourth-order valence-corrected chi connectivity index (χ4v) is 13.8. The average Bonchev–Trinajstić information content (AvgIpc) is 0.770. The summed E-state index contributed by atoms with van der Waals surface area (Å²) < 4.78 is 132. The quantitative estimate of drug-likeness (QED) is 0.0185. The number of hydrogen-bond donors (Lipinski definition) is 14. The number of phenolic OH excluding ortho intramolecular Hbond substituents is 2. The van der Waals surface area contributed by atoms with Gasteiger partial charge in [-0.2, -0.15) is 43.9 Å². The molecule has 0 heterocycles. The first-order valence-electron chi connectivity index (χ1n) is 36.1. The number of aromatic hydroxyl groups is 2. The van der Waals surface area contributed by atoms with Crippen molar-refractivity contribution >= 4 is 154 Å². The van der Waals surface area contributed by atoms with Crippen molar-refractivity contribution in [2.75, 3.05) is 21.3 Å². The molecule has 18 N–H and O–H groups in total. The van der Waals surface area contributed by atoms with E-state index in [1.54, 1.807) is 0 Å². The Bertz CT molecular complexity index is 6050. The zero-order valence-corrected chi connectivity index (χ0v) is 69.1. The van der Waals surface area contributed by atoms with Crippen molar-refractivity contribution < 1.29 is 62.1 Å². The Morgan fingerprint density at radius 1 is 0.267 bits per heavy atom. The molecule has 13 aromatic rings. The van der Waals surface area contributed by atoms with E-state index in [9.17, 15) is 62.1 Å². The van der Waals surface area contributed by atoms with Crippen molar-refractivity contribution in [1.82, 2.24) is 0 Å². The lowest BCUT2D eigenvalue weighted by Crippen LogP contribution is -2.22. The Balaban J connectivity index is 0.000000188. The first-order valence-corrected chi connectivity index (χ1v) is 41.9. The Labute approximate surface area is 694 Å². The molecule has 13 aromatic carbocycles. The number of fused-ring (bicyclic) bond motifs is 2. The summed E-state index contributed by atoms with van der Waals surface area (Å²) in [4.78, 5) is 14.2. The molecule has 0 aliphatic rings. The molecular weight excluding hydrogens is 1610 g/mol. The van der Waals surface area contributed by atoms with Crippen molar-refractivity contribution in [3.63, 3.8) is 0 Å². The molecular formula is C86H86N16O14S4. The maximum absolute atomic E-state index is 11.9. The molecule has 0 aliphatic heterocycles. The summed E-state index contributed by atoms with van der Waals surface area (Å²) in [7, 11) is -19.6. The van der Waals surface area contributed by atoms with E-state index >= 15 is 0 Å². The van der Waals surface area contributed by atoms with Crippen LogP contribution in [0.1, 0.15) is 44.5 Å². The summed E-state index contributed by atoms with van der Waals surface area (Å²) in [6.45, 7) is 16.2. The fraction of sp³-hybridized carbons (Fsp3) is 0.0930. The summed E-state index contributed by atoms with van der Waals surface area (Å²) in [5, 5.41) is 48.1. The van der Waals surface area contributed by atoms with Gasteiger partial charge in [-0.1, -0.05) is 158 Å². The van der Waals surface area contributed by atoms with Gasteiger partial charge >= 0.3 is 0 Å². The van der Waals surface area contributed by atoms with Gasteiger partial charge < -0.3 is 54.4 Å². The topological polar surface area (TPSA) is 509 Å². The number of rotatable bonds is 16. The standard InChI is InChI=1S/C26H18N4O14S4.4C15H17N3/c31-23-12-24(32)22(30-28-16-4-2-14-6-18(46(36,37)38)10-26(20(14)8-16)48(42,43)44)11-21(23)29-27-15-3-1-13-5-17(45(33,34)35)9-25(19(13)7-15)47(39,40)41;4*1-11-7-3-5-9-13(11)17-15(16)18-14-10-6-4-8-12(14)2/h1-12,31-32H,(H,33,34,35)(H,36,37,38)(H,39,40,41)(H,42,43,44);4*3-10H,1-2H3,(H3,16,17,18). The van der Waals surface area contributed by atoms with Crippen LogP contribution in [0, 0.1) is 55.4 Å². The third-order valence-corrected chi connectivity index (χ3v) is 21.0. The second-order valence-electron chi connectivity index (χ2n) is 26.7. The van der Waals surface area contributed by atoms with Gasteiger partial charge in [0.25, 0.3) is 40.5 Å². The summed E-state index contributed by atoms with van der Waals surface area (Å²) in [5.41, 5.74) is 39.4. The van der Waals surface area contributed by atoms with Crippen LogP contribution in [-0.2, 0) is 40.5 Å². The van der Waals surface area contributed by atoms with E-state index in [2.05, 4.69) is 61.7 Å². The van der Waals surface area contributed by atoms with E-state index in [4.69, 9.17) is 22.9 Å². The van der Waals surface area contributed by atoms with E-state index in [1.807, 2.05) is 250 Å². The van der Waals surface area contributed by atoms with Gasteiger partial charge in [0.15, 0.2) is 23.8 Å². The Hall–Kier alpha value is -14.1. The number of anilines is 4. The highest BCUT2D eigenvalue weighted by atomic mass is 32.2. The number of azo groups is 2. The van der Waals surface area contributed by atoms with Gasteiger partial charge in [-0.05, 0) is 208 Å². The summed E-state index contributed by atoms with van der Waals surface area (Å²) in [6, 6.07) is 75.6. The molecule has 0 radical (unpaired) electrons. The third-order valence-electron chi connectivity index (χ3n) is 17.6. The number of nitrogens with one attached hydrogen (secondary N) is 4. The Morgan fingerprint density at radius 2 is 0.508 bits per heavy atom. The summed E-state index contributed by atoms with van der Waals surface area (Å²) in [5.74, 6) is 0.422. The van der Waals surface area contributed by atoms with Crippen LogP contribution in [0.15, 0.2) is 327 Å². The molecule has 120 heavy (non-hydrogen) atoms. The van der Waals surface area contributed by atoms with Crippen molar-refractivity contribution in [2.24, 2.45) is 63.4 Å². The molecule has 0 amide bonds. The smallest absolute Gasteiger partial charge is 0.295 e. The predicted molar refractivity (Wildman–Crippen MR) is 474 cm³/mol. The maximum atomic E-state index is 11.9. The van der Waals surface area contributed by atoms with E-state index < -0.39 is 71.6 Å². The molecule has 0 saturated carbocycles. The van der Waals surface area contributed by atoms with Crippen LogP contribution in [0.25, 0.3) is 21.5 Å². The van der Waals surface area contributed by atoms with Gasteiger partial charge in [-0.15, -0.1) is 10.2 Å². The number of para-hydroxylation sites is 8. The molecule has 0 fully saturated rings. The zero-order chi connectivity index (χ0) is 87.2. The molecule has 13 rings (SSSR count). The van der Waals surface area contributed by atoms with Crippen LogP contribution >= 0.6 is 0 Å². The van der Waals surface area contributed by atoms with Crippen LogP contribution in [0.4, 0.5) is 68.2 Å². The minimum absolute atomic E-state index is 0.0110. The largest absolute Gasteiger partial charge is 0.505 e. The van der Waals surface area contributed by atoms with E-state index in [-0.39, 0.29) is 44.3 Å². The van der Waals surface area contributed by atoms with Crippen LogP contribution in [0.3, 0.4) is 0 Å². The fourth-order valence-electron chi connectivity index (χ4n) is 11.1. The van der Waals surface area contributed by atoms with Gasteiger partial charge in [-0.25, -0.2) is 20.0 Å². The number of nitrogens with zero attached hydrogens (tertiary/aromatic N) is 8. The second-order valence-corrected chi connectivity index (χ2v) is 32.3. The van der Waals surface area contributed by atoms with E-state index in [1.165, 1.54) is 24.3 Å². The minimum atomic E-state index is -4.99. The average molecular weight is 1700 g/mol. The van der Waals surface area contributed by atoms with Gasteiger partial charge in [0, 0.05) is 45.7 Å². The molecule has 618 valence electrons. The van der Waals surface area contributed by atoms with Gasteiger partial charge in [0.1, 0.15) is 32.7 Å². The lowest BCUT2D eigenvalue weighted by Gasteiger charge is -2.08. The van der Waals surface area contributed by atoms with Crippen molar-refractivity contribution in [2.45, 2.75) is 75.0 Å². The molecule has 0 bridgehead atoms. The predicted octanol–water partition coefficient (Wildman–Crippen LogP) is 18.7. The molecule has 0 unspecified atom stereocenters. The van der Waals surface area contributed by atoms with Crippen LogP contribution < -0.4 is 44.2 Å². The van der Waals surface area contributed by atoms with Crippen molar-refractivity contribution in [3.05, 3.63) is 311 Å². The summed E-state index contributed by atoms with van der Waals surface area (Å²) in [6.07, 6.45) is 0. The SMILES string of the molecule is Cc1ccccc1N=C(N)Nc1ccccc1C.Cc1ccccc1N=C(N)Nc1ccccc1C.Cc1ccccc1N=C(N)Nc1ccccc1C.Cc1ccccc1N=C(N)Nc1ccccc1C.O=S(=O)(O)c1cc(S(=O)(=O)O)c2cc(N=Nc3cc(N=Nc4ccc5cc(S(=O)(=O)O)cc(S(=O)(=O)O)c5c4)c(O)cc3O)ccc2c1. The maximum Gasteiger partial charge on any atom is 0.295 e. The van der Waals surface area contributed by atoms with Crippen molar-refractivity contribution in [3.8, 4) is 11.5 Å². The number of phenols is 2. The van der Waals surface area contributed by atoms with E-state index in [0.29, 0.717) is 36.0 Å². The van der Waals surface area contributed by atoms with Crippen LogP contribution in [0.2, 0.25) is 0 Å². The zero-order valence-electron chi connectivity index (χ0n) is 65.9. The molecule has 30 nitrogen and oxygen atoms in total. The highest BCUT2D eigenvalue weighted by molar-refractivity contribution is 7.87. The first-order chi connectivity index (χ1) is 56.8. The Morgan fingerprint density at radius 3 is 0.742 bits per heavy atom. The number of benzene rings is 13. The van der Waals surface area contributed by atoms with E-state index in [0.717, 1.165) is 126 Å². The monoisotopic (exact) mass is 1690 g/mol. The highest BCUT2D eigenvalue weighted by Gasteiger charge is 2.23. The third kappa shape index (κ3) is 25.9. The lowest BCUT2D eigenvalue weighted by molar-refractivity contribution is 0.452. The number of aliphatic imine (C=N–C) groups is 4. The molecule has 0 spiro atoms. The summed E-state index contributed by atoms with van der Waals surface area (Å²) >= 11 is 0. The van der Waals surface area contributed by atoms with Crippen LogP contribution in [0.5, 0.6) is 11.5 Å². The number of nitrogens with two attached hydrogens (primary N) is 4. The van der Waals surface area contributed by atoms with Crippen molar-refractivity contribution in [1.29, 1.82) is 0 Å². The van der Waals surface area contributed by atoms with Crippen LogP contribution in [-0.4, -0.2) is 85.9 Å². The molecule has 34 heteroatoms. The number of hydrogen-bond acceptors (Lipinski definition) is 18. The van der Waals surface area contributed by atoms with Gasteiger partial charge in [0.05, 0.1) is 43.9 Å². The minimum Gasteiger partial charge on any atom is -0.505 e. The second kappa shape index (κ2) is 40.2. The molecule has 0 aromatic heterocycles. The highest BCUT2D eigenvalue weighted by Crippen LogP contribution is 2.41. The normalized spacial score (nSPS) is 12.1.